The summed E-state index contributed by atoms with van der Waals surface area (Å²) in [5, 5.41) is 0. The van der Waals surface area contributed by atoms with E-state index < -0.39 is 0 Å². The van der Waals surface area contributed by atoms with E-state index >= 15 is 0 Å². The third kappa shape index (κ3) is 9.58. The zero-order valence-electron chi connectivity index (χ0n) is 28.9. The van der Waals surface area contributed by atoms with Gasteiger partial charge in [-0.3, -0.25) is 0 Å². The fourth-order valence-electron chi connectivity index (χ4n) is 5.01. The van der Waals surface area contributed by atoms with Gasteiger partial charge in [0.15, 0.2) is 0 Å². The molecule has 0 aliphatic heterocycles. The van der Waals surface area contributed by atoms with Gasteiger partial charge in [-0.25, -0.2) is 0 Å². The lowest BCUT2D eigenvalue weighted by atomic mass is 9.89. The maximum atomic E-state index is 5.80. The summed E-state index contributed by atoms with van der Waals surface area (Å²) in [4.78, 5) is 2.83. The number of benzene rings is 2. The third-order valence-electron chi connectivity index (χ3n) is 7.78. The number of hydrogen-bond acceptors (Lipinski definition) is 10. The van der Waals surface area contributed by atoms with Crippen LogP contribution in [0.3, 0.4) is 0 Å². The molecule has 0 nitrogen and oxygen atoms in total. The first kappa shape index (κ1) is 39.2. The molecule has 4 rings (SSSR count). The Hall–Kier alpha value is 0.380. The molecule has 0 aliphatic carbocycles. The second-order valence-corrected chi connectivity index (χ2v) is 25.1. The molecule has 46 heavy (non-hydrogen) atoms. The summed E-state index contributed by atoms with van der Waals surface area (Å²) in [6, 6.07) is 9.79. The molecule has 0 radical (unpaired) electrons. The van der Waals surface area contributed by atoms with Gasteiger partial charge in [0.25, 0.3) is 0 Å². The number of rotatable bonds is 13. The van der Waals surface area contributed by atoms with E-state index in [-0.39, 0.29) is 0 Å². The summed E-state index contributed by atoms with van der Waals surface area (Å²) in [7, 11) is 3.72. The van der Waals surface area contributed by atoms with Crippen molar-refractivity contribution in [2.45, 2.75) is 145 Å². The maximum Gasteiger partial charge on any atom is 0.145 e. The molecule has 250 valence electrons. The molecular formula is C36H46S10. The van der Waals surface area contributed by atoms with E-state index in [1.807, 2.05) is 45.1 Å². The second kappa shape index (κ2) is 17.1. The van der Waals surface area contributed by atoms with Crippen molar-refractivity contribution in [3.05, 3.63) is 63.9 Å². The van der Waals surface area contributed by atoms with Crippen LogP contribution in [0.1, 0.15) is 152 Å². The highest BCUT2D eigenvalue weighted by molar-refractivity contribution is 8.77. The first-order chi connectivity index (χ1) is 21.6. The van der Waals surface area contributed by atoms with Gasteiger partial charge in [-0.1, -0.05) is 155 Å². The van der Waals surface area contributed by atoms with Gasteiger partial charge in [0.1, 0.15) is 6.28 Å². The van der Waals surface area contributed by atoms with E-state index in [4.69, 9.17) is 24.4 Å². The predicted octanol–water partition coefficient (Wildman–Crippen LogP) is 17.2. The summed E-state index contributed by atoms with van der Waals surface area (Å²) in [5.41, 5.74) is 8.67. The lowest BCUT2D eigenvalue weighted by molar-refractivity contribution is 0.772. The predicted molar refractivity (Wildman–Crippen MR) is 223 cm³/mol. The highest BCUT2D eigenvalue weighted by atomic mass is 33.1. The van der Waals surface area contributed by atoms with Gasteiger partial charge in [0, 0.05) is 9.79 Å². The fraction of sp³-hybridized carbons (Fsp3) is 0.500. The zero-order valence-corrected chi connectivity index (χ0v) is 37.0. The minimum Gasteiger partial charge on any atom is -0.105 e. The van der Waals surface area contributed by atoms with Crippen molar-refractivity contribution in [2.24, 2.45) is 0 Å². The molecule has 2 aromatic carbocycles. The third-order valence-corrected chi connectivity index (χ3v) is 19.8. The Labute approximate surface area is 320 Å². The normalized spacial score (nSPS) is 12.3. The molecule has 0 atom stereocenters. The summed E-state index contributed by atoms with van der Waals surface area (Å²) in [6.45, 7) is 27.8. The van der Waals surface area contributed by atoms with Crippen molar-refractivity contribution in [1.29, 1.82) is 0 Å². The maximum absolute atomic E-state index is 5.80. The lowest BCUT2D eigenvalue weighted by Gasteiger charge is -2.22. The highest BCUT2D eigenvalue weighted by Crippen LogP contribution is 2.56. The van der Waals surface area contributed by atoms with E-state index in [0.717, 1.165) is 6.28 Å². The van der Waals surface area contributed by atoms with Crippen LogP contribution < -0.4 is 0 Å². The minimum atomic E-state index is 0.453. The molecule has 0 fully saturated rings. The monoisotopic (exact) mass is 798 g/mol. The van der Waals surface area contributed by atoms with Crippen LogP contribution in [0.15, 0.2) is 50.9 Å². The van der Waals surface area contributed by atoms with Gasteiger partial charge in [0.05, 0.1) is 16.8 Å². The Morgan fingerprint density at radius 3 is 0.913 bits per heavy atom. The SMILES string of the molecule is CC(C)c1cc(C(C)C)c(Sc2sc(=S)sc2SSc2sc(=S)sc2Sc2c(C(C)C)cc(C(C)C)cc2C(C)C)c(C(C)C)c1. The Balaban J connectivity index is 1.69. The molecule has 4 aromatic rings. The quantitative estimate of drug-likeness (QED) is 0.0969. The topological polar surface area (TPSA) is 0 Å². The molecule has 0 aliphatic rings. The first-order valence-electron chi connectivity index (χ1n) is 15.9. The second-order valence-electron chi connectivity index (χ2n) is 13.4. The van der Waals surface area contributed by atoms with Gasteiger partial charge in [-0.2, -0.15) is 0 Å². The van der Waals surface area contributed by atoms with Gasteiger partial charge in [-0.15, -0.1) is 45.3 Å². The van der Waals surface area contributed by atoms with E-state index in [1.54, 1.807) is 45.3 Å². The van der Waals surface area contributed by atoms with E-state index in [1.165, 1.54) is 60.0 Å². The van der Waals surface area contributed by atoms with Crippen LogP contribution in [0, 0.1) is 6.28 Å². The molecule has 0 amide bonds. The van der Waals surface area contributed by atoms with Gasteiger partial charge in [-0.05, 0) is 90.5 Å². The van der Waals surface area contributed by atoms with Crippen molar-refractivity contribution >= 4 is 115 Å². The first-order valence-corrected chi connectivity index (χ1v) is 23.8. The Bertz CT molecular complexity index is 1570. The van der Waals surface area contributed by atoms with Crippen molar-refractivity contribution in [3.8, 4) is 0 Å². The summed E-state index contributed by atoms with van der Waals surface area (Å²) < 4.78 is 7.21. The van der Waals surface area contributed by atoms with E-state index in [9.17, 15) is 0 Å². The van der Waals surface area contributed by atoms with E-state index in [0.29, 0.717) is 35.5 Å². The molecule has 0 spiro atoms. The van der Waals surface area contributed by atoms with Crippen LogP contribution >= 0.6 is 115 Å². The molecule has 0 unspecified atom stereocenters. The van der Waals surface area contributed by atoms with E-state index in [2.05, 4.69) is 107 Å². The average molecular weight is 799 g/mol. The molecule has 2 aromatic heterocycles. The molecule has 0 saturated carbocycles. The van der Waals surface area contributed by atoms with Gasteiger partial charge < -0.3 is 0 Å². The standard InChI is InChI=1S/C36H46S10/c1-17(2)23-13-25(19(5)6)29(26(14-23)20(7)8)39-31-33(43-35(37)41-31)45-46-34-32(42-36(38)44-34)40-30-27(21(9)10)15-24(18(3)4)16-28(30)22(11)12/h13-22H,1-12H3. The molecular weight excluding hydrogens is 753 g/mol. The van der Waals surface area contributed by atoms with Crippen molar-refractivity contribution in [2.75, 3.05) is 0 Å². The molecule has 10 heteroatoms. The van der Waals surface area contributed by atoms with Crippen LogP contribution in [0.2, 0.25) is 0 Å². The molecule has 2 heterocycles. The summed E-state index contributed by atoms with van der Waals surface area (Å²) in [6.07, 6.45) is 0. The molecule has 0 bridgehead atoms. The molecule has 0 saturated heterocycles. The van der Waals surface area contributed by atoms with Crippen LogP contribution in [0.5, 0.6) is 0 Å². The van der Waals surface area contributed by atoms with Crippen LogP contribution in [-0.2, 0) is 0 Å². The van der Waals surface area contributed by atoms with Gasteiger partial charge in [0.2, 0.25) is 0 Å². The highest BCUT2D eigenvalue weighted by Gasteiger charge is 2.23. The fourth-order valence-corrected chi connectivity index (χ4v) is 18.9. The Morgan fingerprint density at radius 2 is 0.674 bits per heavy atom. The van der Waals surface area contributed by atoms with Crippen LogP contribution in [0.25, 0.3) is 0 Å². The van der Waals surface area contributed by atoms with Gasteiger partial charge >= 0.3 is 0 Å². The zero-order chi connectivity index (χ0) is 34.0. The summed E-state index contributed by atoms with van der Waals surface area (Å²) in [5.74, 6) is 2.83. The number of hydrogen-bond donors (Lipinski definition) is 0. The Kier molecular flexibility index (Phi) is 14.5. The largest absolute Gasteiger partial charge is 0.145 e. The van der Waals surface area contributed by atoms with Crippen LogP contribution in [0.4, 0.5) is 0 Å². The minimum absolute atomic E-state index is 0.453. The van der Waals surface area contributed by atoms with Crippen molar-refractivity contribution in [1.82, 2.24) is 0 Å². The smallest absolute Gasteiger partial charge is 0.105 e. The van der Waals surface area contributed by atoms with Crippen molar-refractivity contribution in [3.63, 3.8) is 0 Å². The Morgan fingerprint density at radius 1 is 0.413 bits per heavy atom. The van der Waals surface area contributed by atoms with Crippen molar-refractivity contribution < 1.29 is 0 Å². The average Bonchev–Trinajstić information content (AvgIpc) is 3.50. The molecule has 0 N–H and O–H groups in total. The summed E-state index contributed by atoms with van der Waals surface area (Å²) >= 11 is 22.5. The van der Waals surface area contributed by atoms with Crippen LogP contribution in [-0.4, -0.2) is 0 Å². The lowest BCUT2D eigenvalue weighted by Crippen LogP contribution is -2.02.